The summed E-state index contributed by atoms with van der Waals surface area (Å²) in [6.07, 6.45) is 14.9. The van der Waals surface area contributed by atoms with Crippen LogP contribution in [0.25, 0.3) is 0 Å². The van der Waals surface area contributed by atoms with Crippen molar-refractivity contribution < 1.29 is 42.5 Å². The van der Waals surface area contributed by atoms with Crippen LogP contribution in [-0.4, -0.2) is 19.5 Å². The van der Waals surface area contributed by atoms with Crippen molar-refractivity contribution >= 4 is 10.1 Å². The molecule has 0 spiro atoms. The number of nitrogens with two attached hydrogens (primary N) is 1. The van der Waals surface area contributed by atoms with Gasteiger partial charge in [-0.2, -0.15) is 0 Å². The molecule has 0 saturated heterocycles. The van der Waals surface area contributed by atoms with E-state index in [2.05, 4.69) is 0 Å². The van der Waals surface area contributed by atoms with Crippen LogP contribution in [0, 0.1) is 0 Å². The van der Waals surface area contributed by atoms with Crippen molar-refractivity contribution in [2.75, 3.05) is 6.54 Å². The maximum Gasteiger partial charge on any atom is 1.00 e. The van der Waals surface area contributed by atoms with Gasteiger partial charge in [-0.3, -0.25) is 0 Å². The van der Waals surface area contributed by atoms with Crippen LogP contribution in [0.2, 0.25) is 0 Å². The van der Waals surface area contributed by atoms with Crippen molar-refractivity contribution in [2.24, 2.45) is 5.73 Å². The Labute approximate surface area is 176 Å². The number of unbranched alkanes of at least 4 members (excludes halogenated alkanes) is 10. The summed E-state index contributed by atoms with van der Waals surface area (Å²) in [7, 11) is -4.32. The molecule has 25 heavy (non-hydrogen) atoms. The van der Waals surface area contributed by atoms with Gasteiger partial charge in [-0.25, -0.2) is 8.42 Å². The smallest absolute Gasteiger partial charge is 0.744 e. The van der Waals surface area contributed by atoms with Gasteiger partial charge in [0, 0.05) is 0 Å². The van der Waals surface area contributed by atoms with Crippen molar-refractivity contribution in [3.8, 4) is 0 Å². The fraction of sp³-hybridized carbons (Fsp3) is 0.684. The van der Waals surface area contributed by atoms with E-state index in [0.717, 1.165) is 31.4 Å². The molecule has 0 heterocycles. The Hall–Kier alpha value is 0.0900. The van der Waals surface area contributed by atoms with Gasteiger partial charge in [-0.05, 0) is 43.5 Å². The normalized spacial score (nSPS) is 11.3. The number of aryl methyl sites for hydroxylation is 1. The zero-order valence-corrected chi connectivity index (χ0v) is 18.5. The Kier molecular flexibility index (Phi) is 15.2. The van der Waals surface area contributed by atoms with E-state index in [1.165, 1.54) is 69.9 Å². The molecule has 4 nitrogen and oxygen atoms in total. The minimum absolute atomic E-state index is 0. The van der Waals surface area contributed by atoms with Gasteiger partial charge >= 0.3 is 29.6 Å². The van der Waals surface area contributed by atoms with Gasteiger partial charge in [0.05, 0.1) is 4.90 Å². The molecule has 0 saturated carbocycles. The van der Waals surface area contributed by atoms with Gasteiger partial charge in [0.1, 0.15) is 10.1 Å². The Balaban J connectivity index is 0.00000576. The monoisotopic (exact) mass is 377 g/mol. The third-order valence-corrected chi connectivity index (χ3v) is 5.23. The average Bonchev–Trinajstić information content (AvgIpc) is 2.55. The van der Waals surface area contributed by atoms with Gasteiger partial charge in [-0.1, -0.05) is 69.9 Å². The number of rotatable bonds is 14. The first-order valence-electron chi connectivity index (χ1n) is 9.29. The first kappa shape index (κ1) is 25.1. The molecule has 2 N–H and O–H groups in total. The maximum absolute atomic E-state index is 10.9. The van der Waals surface area contributed by atoms with Crippen LogP contribution >= 0.6 is 0 Å². The first-order valence-corrected chi connectivity index (χ1v) is 10.7. The van der Waals surface area contributed by atoms with Crippen LogP contribution in [-0.2, 0) is 16.5 Å². The molecule has 1 rings (SSSR count). The van der Waals surface area contributed by atoms with Gasteiger partial charge in [0.25, 0.3) is 0 Å². The van der Waals surface area contributed by atoms with Crippen LogP contribution in [0.3, 0.4) is 0 Å². The molecule has 6 heteroatoms. The Bertz CT molecular complexity index is 532. The van der Waals surface area contributed by atoms with E-state index < -0.39 is 10.1 Å². The van der Waals surface area contributed by atoms with Gasteiger partial charge in [-0.15, -0.1) is 0 Å². The van der Waals surface area contributed by atoms with E-state index in [-0.39, 0.29) is 34.5 Å². The zero-order valence-electron chi connectivity index (χ0n) is 15.7. The number of hydrogen-bond donors (Lipinski definition) is 1. The Morgan fingerprint density at radius 2 is 1.12 bits per heavy atom. The summed E-state index contributed by atoms with van der Waals surface area (Å²) in [5.41, 5.74) is 6.57. The molecule has 138 valence electrons. The molecule has 0 unspecified atom stereocenters. The second-order valence-electron chi connectivity index (χ2n) is 6.53. The molecular weight excluding hydrogens is 345 g/mol. The summed E-state index contributed by atoms with van der Waals surface area (Å²) >= 11 is 0. The Morgan fingerprint density at radius 1 is 0.720 bits per heavy atom. The van der Waals surface area contributed by atoms with Crippen molar-refractivity contribution in [3.05, 3.63) is 29.8 Å². The van der Waals surface area contributed by atoms with E-state index in [0.29, 0.717) is 0 Å². The van der Waals surface area contributed by atoms with Crippen LogP contribution in [0.1, 0.15) is 76.2 Å². The Morgan fingerprint density at radius 3 is 1.52 bits per heavy atom. The predicted molar refractivity (Wildman–Crippen MR) is 98.0 cm³/mol. The van der Waals surface area contributed by atoms with Gasteiger partial charge in [0.15, 0.2) is 0 Å². The van der Waals surface area contributed by atoms with Gasteiger partial charge < -0.3 is 10.3 Å². The van der Waals surface area contributed by atoms with Crippen LogP contribution in [0.4, 0.5) is 0 Å². The van der Waals surface area contributed by atoms with E-state index in [1.807, 2.05) is 0 Å². The summed E-state index contributed by atoms with van der Waals surface area (Å²) in [4.78, 5) is -0.144. The molecule has 0 amide bonds. The average molecular weight is 378 g/mol. The largest absolute Gasteiger partial charge is 1.00 e. The SMILES string of the molecule is NCCCCCCCCCCCCCc1ccc(S(=O)(=O)[O-])cc1.[Na+]. The number of benzene rings is 1. The molecule has 0 atom stereocenters. The van der Waals surface area contributed by atoms with E-state index in [1.54, 1.807) is 12.1 Å². The standard InChI is InChI=1S/C19H33NO3S.Na/c20-17-11-9-7-5-3-1-2-4-6-8-10-12-18-13-15-19(16-14-18)24(21,22)23;/h13-16H,1-12,17,20H2,(H,21,22,23);/q;+1/p-1. The molecule has 0 fully saturated rings. The quantitative estimate of drug-likeness (QED) is 0.302. The molecule has 0 radical (unpaired) electrons. The second-order valence-corrected chi connectivity index (χ2v) is 7.91. The van der Waals surface area contributed by atoms with Crippen molar-refractivity contribution in [3.63, 3.8) is 0 Å². The minimum atomic E-state index is -4.32. The van der Waals surface area contributed by atoms with Crippen molar-refractivity contribution in [1.82, 2.24) is 0 Å². The molecule has 0 aromatic heterocycles. The molecule has 0 aliphatic heterocycles. The fourth-order valence-corrected chi connectivity index (χ4v) is 3.36. The molecule has 0 aliphatic rings. The summed E-state index contributed by atoms with van der Waals surface area (Å²) in [6, 6.07) is 6.31. The topological polar surface area (TPSA) is 83.2 Å². The van der Waals surface area contributed by atoms with E-state index in [9.17, 15) is 13.0 Å². The third-order valence-electron chi connectivity index (χ3n) is 4.38. The molecule has 1 aromatic rings. The van der Waals surface area contributed by atoms with Crippen molar-refractivity contribution in [2.45, 2.75) is 81.9 Å². The third kappa shape index (κ3) is 13.0. The van der Waals surface area contributed by atoms with Gasteiger partial charge in [0.2, 0.25) is 0 Å². The molecular formula is C19H32NNaO3S. The first-order chi connectivity index (χ1) is 11.5. The maximum atomic E-state index is 10.9. The van der Waals surface area contributed by atoms with E-state index >= 15 is 0 Å². The van der Waals surface area contributed by atoms with Crippen LogP contribution < -0.4 is 35.3 Å². The zero-order chi connectivity index (χ0) is 17.7. The minimum Gasteiger partial charge on any atom is -0.744 e. The summed E-state index contributed by atoms with van der Waals surface area (Å²) in [6.45, 7) is 0.821. The second kappa shape index (κ2) is 15.2. The molecule has 0 bridgehead atoms. The summed E-state index contributed by atoms with van der Waals surface area (Å²) < 4.78 is 32.6. The van der Waals surface area contributed by atoms with E-state index in [4.69, 9.17) is 5.73 Å². The molecule has 0 aliphatic carbocycles. The summed E-state index contributed by atoms with van der Waals surface area (Å²) in [5.74, 6) is 0. The van der Waals surface area contributed by atoms with Crippen LogP contribution in [0.15, 0.2) is 29.2 Å². The summed E-state index contributed by atoms with van der Waals surface area (Å²) in [5, 5.41) is 0. The molecule has 1 aromatic carbocycles. The predicted octanol–water partition coefficient (Wildman–Crippen LogP) is 1.39. The number of hydrogen-bond acceptors (Lipinski definition) is 4. The van der Waals surface area contributed by atoms with Crippen molar-refractivity contribution in [1.29, 1.82) is 0 Å². The van der Waals surface area contributed by atoms with Crippen LogP contribution in [0.5, 0.6) is 0 Å². The fourth-order valence-electron chi connectivity index (χ4n) is 2.89.